The topological polar surface area (TPSA) is 49.9 Å². The molecule has 45 heavy (non-hydrogen) atoms. The van der Waals surface area contributed by atoms with Crippen LogP contribution >= 0.6 is 0 Å². The van der Waals surface area contributed by atoms with Gasteiger partial charge in [-0.2, -0.15) is 0 Å². The van der Waals surface area contributed by atoms with Crippen LogP contribution in [-0.2, 0) is 0 Å². The van der Waals surface area contributed by atoms with Crippen molar-refractivity contribution in [1.82, 2.24) is 0 Å². The zero-order valence-corrected chi connectivity index (χ0v) is 24.5. The van der Waals surface area contributed by atoms with E-state index in [1.807, 2.05) is 6.07 Å². The predicted molar refractivity (Wildman–Crippen MR) is 193 cm³/mol. The molecule has 0 unspecified atom stereocenters. The number of nitrogen functional groups attached to an aromatic ring is 1. The lowest BCUT2D eigenvalue weighted by Crippen LogP contribution is -2.10. The first-order valence-electron chi connectivity index (χ1n) is 15.3. The maximum Gasteiger partial charge on any atom is 0.122 e. The van der Waals surface area contributed by atoms with Crippen LogP contribution in [0.2, 0.25) is 0 Å². The summed E-state index contributed by atoms with van der Waals surface area (Å²) in [5, 5.41) is 22.8. The van der Waals surface area contributed by atoms with Gasteiger partial charge in [0.1, 0.15) is 5.84 Å². The molecule has 0 aromatic heterocycles. The van der Waals surface area contributed by atoms with Gasteiger partial charge in [0.2, 0.25) is 0 Å². The Bertz CT molecular complexity index is 2680. The molecule has 9 aromatic rings. The molecule has 2 heteroatoms. The molecular formula is C43H28N2. The minimum atomic E-state index is 0.0667. The number of benzene rings is 9. The number of hydrogen-bond donors (Lipinski definition) is 2. The van der Waals surface area contributed by atoms with Crippen molar-refractivity contribution in [3.05, 3.63) is 157 Å². The Kier molecular flexibility index (Phi) is 5.54. The first-order valence-corrected chi connectivity index (χ1v) is 15.3. The van der Waals surface area contributed by atoms with E-state index in [0.717, 1.165) is 16.3 Å². The zero-order valence-electron chi connectivity index (χ0n) is 24.5. The van der Waals surface area contributed by atoms with Crippen molar-refractivity contribution in [2.24, 2.45) is 5.73 Å². The minimum absolute atomic E-state index is 0.0667. The SMILES string of the molecule is N=C(N)c1ccc2c(-c3cc4ccccc4c4ccccc34)c3ccccc3c(-c3cc4ccccc4c4ccccc34)c2c1. The van der Waals surface area contributed by atoms with Gasteiger partial charge in [-0.3, -0.25) is 5.41 Å². The quantitative estimate of drug-likeness (QED) is 0.0941. The summed E-state index contributed by atoms with van der Waals surface area (Å²) in [7, 11) is 0. The zero-order chi connectivity index (χ0) is 30.1. The first-order chi connectivity index (χ1) is 22.2. The van der Waals surface area contributed by atoms with Crippen LogP contribution in [-0.4, -0.2) is 5.84 Å². The largest absolute Gasteiger partial charge is 0.384 e. The molecule has 0 aliphatic carbocycles. The van der Waals surface area contributed by atoms with Crippen molar-refractivity contribution in [3.8, 4) is 22.3 Å². The molecule has 0 radical (unpaired) electrons. The molecule has 0 fully saturated rings. The molecule has 210 valence electrons. The van der Waals surface area contributed by atoms with E-state index in [1.165, 1.54) is 76.1 Å². The summed E-state index contributed by atoms with van der Waals surface area (Å²) in [5.74, 6) is 0.0667. The van der Waals surface area contributed by atoms with Crippen LogP contribution in [0.25, 0.3) is 86.9 Å². The van der Waals surface area contributed by atoms with Crippen molar-refractivity contribution < 1.29 is 0 Å². The van der Waals surface area contributed by atoms with Crippen molar-refractivity contribution in [1.29, 1.82) is 5.41 Å². The van der Waals surface area contributed by atoms with Crippen molar-refractivity contribution in [2.45, 2.75) is 0 Å². The molecule has 3 N–H and O–H groups in total. The molecule has 0 aliphatic heterocycles. The molecule has 0 saturated carbocycles. The Morgan fingerprint density at radius 1 is 0.356 bits per heavy atom. The van der Waals surface area contributed by atoms with Gasteiger partial charge in [-0.1, -0.05) is 133 Å². The molecule has 0 amide bonds. The average Bonchev–Trinajstić information content (AvgIpc) is 3.10. The number of hydrogen-bond acceptors (Lipinski definition) is 1. The van der Waals surface area contributed by atoms with Crippen LogP contribution in [0.1, 0.15) is 5.56 Å². The second-order valence-corrected chi connectivity index (χ2v) is 11.9. The Morgan fingerprint density at radius 3 is 1.22 bits per heavy atom. The van der Waals surface area contributed by atoms with Gasteiger partial charge in [-0.05, 0) is 105 Å². The molecule has 0 heterocycles. The molecular weight excluding hydrogens is 544 g/mol. The van der Waals surface area contributed by atoms with E-state index in [2.05, 4.69) is 146 Å². The van der Waals surface area contributed by atoms with Crippen molar-refractivity contribution in [3.63, 3.8) is 0 Å². The highest BCUT2D eigenvalue weighted by molar-refractivity contribution is 6.28. The van der Waals surface area contributed by atoms with Crippen LogP contribution in [0.4, 0.5) is 0 Å². The third-order valence-electron chi connectivity index (χ3n) is 9.41. The highest BCUT2D eigenvalue weighted by Gasteiger charge is 2.21. The Labute approximate surface area is 260 Å². The molecule has 0 aliphatic rings. The normalized spacial score (nSPS) is 11.7. The number of nitrogens with one attached hydrogen (secondary N) is 1. The Balaban J connectivity index is 1.52. The van der Waals surface area contributed by atoms with E-state index in [-0.39, 0.29) is 5.84 Å². The summed E-state index contributed by atoms with van der Waals surface area (Å²) in [6, 6.07) is 54.5. The van der Waals surface area contributed by atoms with Gasteiger partial charge in [-0.15, -0.1) is 0 Å². The lowest BCUT2D eigenvalue weighted by atomic mass is 9.82. The number of nitrogens with two attached hydrogens (primary N) is 1. The van der Waals surface area contributed by atoms with Crippen LogP contribution < -0.4 is 5.73 Å². The summed E-state index contributed by atoms with van der Waals surface area (Å²) in [4.78, 5) is 0. The van der Waals surface area contributed by atoms with Gasteiger partial charge >= 0.3 is 0 Å². The lowest BCUT2D eigenvalue weighted by molar-refractivity contribution is 1.43. The van der Waals surface area contributed by atoms with Crippen molar-refractivity contribution >= 4 is 70.5 Å². The average molecular weight is 573 g/mol. The fraction of sp³-hybridized carbons (Fsp3) is 0. The maximum absolute atomic E-state index is 8.38. The van der Waals surface area contributed by atoms with Crippen LogP contribution in [0.5, 0.6) is 0 Å². The summed E-state index contributed by atoms with van der Waals surface area (Å²) < 4.78 is 0. The molecule has 0 saturated heterocycles. The highest BCUT2D eigenvalue weighted by atomic mass is 14.7. The van der Waals surface area contributed by atoms with E-state index in [1.54, 1.807) is 0 Å². The molecule has 0 spiro atoms. The summed E-state index contributed by atoms with van der Waals surface area (Å²) >= 11 is 0. The van der Waals surface area contributed by atoms with Gasteiger partial charge in [0, 0.05) is 5.56 Å². The molecule has 9 aromatic carbocycles. The van der Waals surface area contributed by atoms with Crippen molar-refractivity contribution in [2.75, 3.05) is 0 Å². The number of rotatable bonds is 3. The second-order valence-electron chi connectivity index (χ2n) is 11.9. The number of amidine groups is 1. The monoisotopic (exact) mass is 572 g/mol. The smallest absolute Gasteiger partial charge is 0.122 e. The standard InChI is InChI=1S/C43H28N2/c44-43(45)28-21-22-37-40(25-28)42(39-24-27-12-2-4-14-30(27)32-16-6-8-18-34(32)39)36-20-10-9-19-35(36)41(37)38-23-26-11-1-3-13-29(26)31-15-5-7-17-33(31)38/h1-25H,(H3,44,45). The predicted octanol–water partition coefficient (Wildman–Crippen LogP) is 11.2. The molecule has 2 nitrogen and oxygen atoms in total. The fourth-order valence-electron chi connectivity index (χ4n) is 7.45. The lowest BCUT2D eigenvalue weighted by Gasteiger charge is -2.21. The third-order valence-corrected chi connectivity index (χ3v) is 9.41. The molecule has 9 rings (SSSR count). The third kappa shape index (κ3) is 3.79. The van der Waals surface area contributed by atoms with Gasteiger partial charge in [-0.25, -0.2) is 0 Å². The number of fused-ring (bicyclic) bond motifs is 8. The summed E-state index contributed by atoms with van der Waals surface area (Å²) in [6.07, 6.45) is 0. The van der Waals surface area contributed by atoms with Gasteiger partial charge in [0.05, 0.1) is 0 Å². The van der Waals surface area contributed by atoms with Gasteiger partial charge < -0.3 is 5.73 Å². The van der Waals surface area contributed by atoms with Gasteiger partial charge in [0.25, 0.3) is 0 Å². The van der Waals surface area contributed by atoms with Crippen LogP contribution in [0.15, 0.2) is 152 Å². The van der Waals surface area contributed by atoms with E-state index in [9.17, 15) is 0 Å². The second kappa shape index (κ2) is 9.77. The van der Waals surface area contributed by atoms with E-state index in [0.29, 0.717) is 0 Å². The fourth-order valence-corrected chi connectivity index (χ4v) is 7.45. The van der Waals surface area contributed by atoms with Crippen LogP contribution in [0.3, 0.4) is 0 Å². The minimum Gasteiger partial charge on any atom is -0.384 e. The molecule has 0 bridgehead atoms. The van der Waals surface area contributed by atoms with E-state index < -0.39 is 0 Å². The van der Waals surface area contributed by atoms with Crippen LogP contribution in [0, 0.1) is 5.41 Å². The maximum atomic E-state index is 8.38. The molecule has 0 atom stereocenters. The highest BCUT2D eigenvalue weighted by Crippen LogP contribution is 2.48. The van der Waals surface area contributed by atoms with E-state index >= 15 is 0 Å². The summed E-state index contributed by atoms with van der Waals surface area (Å²) in [6.45, 7) is 0. The van der Waals surface area contributed by atoms with Gasteiger partial charge in [0.15, 0.2) is 0 Å². The van der Waals surface area contributed by atoms with E-state index in [4.69, 9.17) is 11.1 Å². The Hall–Kier alpha value is -5.99. The first kappa shape index (κ1) is 25.5. The summed E-state index contributed by atoms with van der Waals surface area (Å²) in [5.41, 5.74) is 11.6. The Morgan fingerprint density at radius 2 is 0.733 bits per heavy atom.